The molecule has 0 bridgehead atoms. The van der Waals surface area contributed by atoms with Gasteiger partial charge in [0.25, 0.3) is 5.69 Å². The molecule has 5 rings (SSSR count). The highest BCUT2D eigenvalue weighted by Crippen LogP contribution is 2.37. The van der Waals surface area contributed by atoms with Crippen LogP contribution in [0.15, 0.2) is 54.7 Å². The summed E-state index contributed by atoms with van der Waals surface area (Å²) in [6, 6.07) is 9.24. The summed E-state index contributed by atoms with van der Waals surface area (Å²) >= 11 is 0. The predicted octanol–water partition coefficient (Wildman–Crippen LogP) is 4.89. The Labute approximate surface area is 192 Å². The highest BCUT2D eigenvalue weighted by Gasteiger charge is 2.27. The van der Waals surface area contributed by atoms with E-state index in [4.69, 9.17) is 4.74 Å². The maximum Gasteiger partial charge on any atom is 0.256 e. The number of aromatic nitrogens is 2. The minimum absolute atomic E-state index is 0.0348. The Balaban J connectivity index is 1.80. The van der Waals surface area contributed by atoms with Crippen LogP contribution in [0.1, 0.15) is 12.8 Å². The fourth-order valence-electron chi connectivity index (χ4n) is 4.23. The maximum atomic E-state index is 14.8. The Hall–Kier alpha value is -3.72. The third-order valence-electron chi connectivity index (χ3n) is 5.85. The van der Waals surface area contributed by atoms with E-state index in [-0.39, 0.29) is 39.7 Å². The first-order chi connectivity index (χ1) is 16.4. The fourth-order valence-corrected chi connectivity index (χ4v) is 4.23. The number of ether oxygens (including phenoxy) is 1. The molecule has 4 aromatic rings. The second-order valence-electron chi connectivity index (χ2n) is 8.05. The van der Waals surface area contributed by atoms with E-state index >= 15 is 0 Å². The minimum atomic E-state index is -0.946. The summed E-state index contributed by atoms with van der Waals surface area (Å²) in [7, 11) is 0. The zero-order valence-electron chi connectivity index (χ0n) is 17.8. The van der Waals surface area contributed by atoms with Crippen molar-refractivity contribution in [3.63, 3.8) is 0 Å². The summed E-state index contributed by atoms with van der Waals surface area (Å²) in [4.78, 5) is 4.43. The largest absolute Gasteiger partial charge is 0.618 e. The highest BCUT2D eigenvalue weighted by molar-refractivity contribution is 6.00. The molecule has 2 aromatic carbocycles. The van der Waals surface area contributed by atoms with Crippen LogP contribution in [0.4, 0.5) is 17.6 Å². The smallest absolute Gasteiger partial charge is 0.256 e. The molecule has 0 radical (unpaired) electrons. The lowest BCUT2D eigenvalue weighted by atomic mass is 9.98. The molecule has 0 atom stereocenters. The van der Waals surface area contributed by atoms with E-state index in [1.54, 1.807) is 0 Å². The Morgan fingerprint density at radius 3 is 2.35 bits per heavy atom. The molecule has 0 saturated carbocycles. The van der Waals surface area contributed by atoms with Crippen molar-refractivity contribution in [3.05, 3.63) is 83.2 Å². The van der Waals surface area contributed by atoms with Gasteiger partial charge in [0.1, 0.15) is 40.5 Å². The SMILES string of the molecule is [O-][n+]1ccc2c(-c3ccc(F)cc3F)cc(OC3CCNCC3)nc2c1-c1c(F)cccc1F. The van der Waals surface area contributed by atoms with Crippen LogP contribution in [0.5, 0.6) is 5.88 Å². The average molecular weight is 469 g/mol. The highest BCUT2D eigenvalue weighted by atomic mass is 19.1. The van der Waals surface area contributed by atoms with Crippen molar-refractivity contribution in [1.29, 1.82) is 0 Å². The van der Waals surface area contributed by atoms with Crippen LogP contribution in [-0.4, -0.2) is 24.2 Å². The zero-order valence-corrected chi connectivity index (χ0v) is 17.8. The molecule has 1 aliphatic rings. The average Bonchev–Trinajstić information content (AvgIpc) is 2.80. The molecular formula is C25H19F4N3O2. The number of nitrogens with zero attached hydrogens (tertiary/aromatic N) is 2. The molecule has 174 valence electrons. The molecule has 0 amide bonds. The molecule has 1 aliphatic heterocycles. The van der Waals surface area contributed by atoms with Gasteiger partial charge in [0, 0.05) is 29.1 Å². The Kier molecular flexibility index (Phi) is 5.79. The number of benzene rings is 2. The molecule has 1 N–H and O–H groups in total. The summed E-state index contributed by atoms with van der Waals surface area (Å²) in [5.41, 5.74) is -0.697. The number of fused-ring (bicyclic) bond motifs is 1. The van der Waals surface area contributed by atoms with Crippen LogP contribution in [0.2, 0.25) is 0 Å². The summed E-state index contributed by atoms with van der Waals surface area (Å²) in [5, 5.41) is 16.2. The van der Waals surface area contributed by atoms with Gasteiger partial charge in [0.2, 0.25) is 5.88 Å². The van der Waals surface area contributed by atoms with Crippen molar-refractivity contribution in [2.45, 2.75) is 18.9 Å². The first kappa shape index (κ1) is 22.1. The van der Waals surface area contributed by atoms with E-state index < -0.39 is 28.8 Å². The first-order valence-electron chi connectivity index (χ1n) is 10.8. The second kappa shape index (κ2) is 8.90. The van der Waals surface area contributed by atoms with Crippen molar-refractivity contribution in [3.8, 4) is 28.3 Å². The lowest BCUT2D eigenvalue weighted by Gasteiger charge is -2.24. The van der Waals surface area contributed by atoms with E-state index in [2.05, 4.69) is 10.3 Å². The Bertz CT molecular complexity index is 1370. The van der Waals surface area contributed by atoms with Crippen molar-refractivity contribution in [2.24, 2.45) is 0 Å². The van der Waals surface area contributed by atoms with Crippen molar-refractivity contribution >= 4 is 10.9 Å². The van der Waals surface area contributed by atoms with Crippen molar-refractivity contribution < 1.29 is 27.0 Å². The van der Waals surface area contributed by atoms with E-state index in [1.165, 1.54) is 24.3 Å². The molecule has 5 nitrogen and oxygen atoms in total. The molecular weight excluding hydrogens is 450 g/mol. The normalized spacial score (nSPS) is 14.5. The Morgan fingerprint density at radius 2 is 1.65 bits per heavy atom. The summed E-state index contributed by atoms with van der Waals surface area (Å²) in [6.07, 6.45) is 2.29. The van der Waals surface area contributed by atoms with Gasteiger partial charge in [-0.3, -0.25) is 0 Å². The summed E-state index contributed by atoms with van der Waals surface area (Å²) in [6.45, 7) is 1.48. The van der Waals surface area contributed by atoms with Crippen LogP contribution in [0.3, 0.4) is 0 Å². The van der Waals surface area contributed by atoms with Crippen LogP contribution in [0, 0.1) is 28.5 Å². The van der Waals surface area contributed by atoms with Gasteiger partial charge >= 0.3 is 0 Å². The van der Waals surface area contributed by atoms with Gasteiger partial charge in [0.05, 0.1) is 0 Å². The molecule has 0 aliphatic carbocycles. The van der Waals surface area contributed by atoms with Gasteiger partial charge in [-0.2, -0.15) is 4.73 Å². The monoisotopic (exact) mass is 469 g/mol. The topological polar surface area (TPSA) is 61.1 Å². The zero-order chi connectivity index (χ0) is 23.8. The van der Waals surface area contributed by atoms with Gasteiger partial charge in [-0.25, -0.2) is 22.5 Å². The third-order valence-corrected chi connectivity index (χ3v) is 5.85. The molecule has 1 fully saturated rings. The first-order valence-corrected chi connectivity index (χ1v) is 10.8. The molecule has 3 heterocycles. The van der Waals surface area contributed by atoms with Gasteiger partial charge in [-0.1, -0.05) is 6.07 Å². The second-order valence-corrected chi connectivity index (χ2v) is 8.05. The van der Waals surface area contributed by atoms with Crippen LogP contribution in [-0.2, 0) is 0 Å². The number of hydrogen-bond donors (Lipinski definition) is 1. The molecule has 34 heavy (non-hydrogen) atoms. The number of hydrogen-bond acceptors (Lipinski definition) is 4. The molecule has 0 unspecified atom stereocenters. The van der Waals surface area contributed by atoms with E-state index in [0.717, 1.165) is 43.6 Å². The lowest BCUT2D eigenvalue weighted by Crippen LogP contribution is -2.34. The number of halogens is 4. The van der Waals surface area contributed by atoms with E-state index in [0.29, 0.717) is 17.6 Å². The van der Waals surface area contributed by atoms with Crippen LogP contribution >= 0.6 is 0 Å². The van der Waals surface area contributed by atoms with E-state index in [9.17, 15) is 22.8 Å². The molecule has 2 aromatic heterocycles. The predicted molar refractivity (Wildman–Crippen MR) is 118 cm³/mol. The maximum absolute atomic E-state index is 14.8. The number of rotatable bonds is 4. The number of pyridine rings is 2. The number of piperidine rings is 1. The van der Waals surface area contributed by atoms with Gasteiger partial charge in [0.15, 0.2) is 6.20 Å². The van der Waals surface area contributed by atoms with Gasteiger partial charge < -0.3 is 15.3 Å². The molecule has 9 heteroatoms. The summed E-state index contributed by atoms with van der Waals surface area (Å²) < 4.78 is 64.1. The van der Waals surface area contributed by atoms with Crippen molar-refractivity contribution in [1.82, 2.24) is 10.3 Å². The van der Waals surface area contributed by atoms with Gasteiger partial charge in [-0.05, 0) is 55.8 Å². The molecule has 1 saturated heterocycles. The fraction of sp³-hybridized carbons (Fsp3) is 0.200. The van der Waals surface area contributed by atoms with Crippen LogP contribution in [0.25, 0.3) is 33.3 Å². The van der Waals surface area contributed by atoms with Gasteiger partial charge in [-0.15, -0.1) is 0 Å². The third kappa shape index (κ3) is 4.03. The Morgan fingerprint density at radius 1 is 0.912 bits per heavy atom. The van der Waals surface area contributed by atoms with E-state index in [1.807, 2.05) is 0 Å². The lowest BCUT2D eigenvalue weighted by molar-refractivity contribution is -0.592. The van der Waals surface area contributed by atoms with Crippen molar-refractivity contribution in [2.75, 3.05) is 13.1 Å². The standard InChI is InChI=1S/C25H19F4N3O2/c26-14-4-5-16(21(29)12-14)18-13-22(34-15-6-9-30-10-7-15)31-24-17(18)8-11-32(33)25(24)23-19(27)2-1-3-20(23)28/h1-5,8,11-13,15,30H,6-7,9-10H2. The summed E-state index contributed by atoms with van der Waals surface area (Å²) in [5.74, 6) is -3.41. The minimum Gasteiger partial charge on any atom is -0.618 e. The van der Waals surface area contributed by atoms with Crippen LogP contribution < -0.4 is 14.8 Å². The molecule has 0 spiro atoms. The number of nitrogens with one attached hydrogen (secondary N) is 1. The quantitative estimate of drug-likeness (QED) is 0.263.